The fourth-order valence-corrected chi connectivity index (χ4v) is 1.84. The number of amides is 1. The van der Waals surface area contributed by atoms with E-state index >= 15 is 0 Å². The molecule has 0 bridgehead atoms. The first-order valence-electron chi connectivity index (χ1n) is 4.76. The van der Waals surface area contributed by atoms with E-state index in [0.717, 1.165) is 10.0 Å². The van der Waals surface area contributed by atoms with Crippen LogP contribution in [0, 0.1) is 0 Å². The van der Waals surface area contributed by atoms with E-state index in [-0.39, 0.29) is 18.4 Å². The summed E-state index contributed by atoms with van der Waals surface area (Å²) >= 11 is 8.78. The molecule has 0 aliphatic heterocycles. The lowest BCUT2D eigenvalue weighted by Crippen LogP contribution is -2.46. The van der Waals surface area contributed by atoms with Crippen molar-refractivity contribution in [1.29, 1.82) is 0 Å². The van der Waals surface area contributed by atoms with Crippen molar-refractivity contribution < 1.29 is 9.90 Å². The van der Waals surface area contributed by atoms with Gasteiger partial charge in [-0.25, -0.2) is 0 Å². The van der Waals surface area contributed by atoms with Crippen molar-refractivity contribution in [2.45, 2.75) is 12.5 Å². The number of aliphatic hydroxyl groups is 1. The molecule has 0 aromatic heterocycles. The number of nitrogens with one attached hydrogen (secondary N) is 1. The van der Waals surface area contributed by atoms with Gasteiger partial charge in [0.25, 0.3) is 0 Å². The van der Waals surface area contributed by atoms with Crippen LogP contribution in [0.2, 0.25) is 0 Å². The van der Waals surface area contributed by atoms with Crippen LogP contribution in [-0.2, 0) is 10.3 Å². The van der Waals surface area contributed by atoms with Crippen LogP contribution in [0.1, 0.15) is 12.5 Å². The summed E-state index contributed by atoms with van der Waals surface area (Å²) in [6, 6.07) is 7.42. The molecule has 2 N–H and O–H groups in total. The summed E-state index contributed by atoms with van der Waals surface area (Å²) in [7, 11) is 0. The molecule has 0 saturated heterocycles. The molecule has 0 saturated carbocycles. The highest BCUT2D eigenvalue weighted by Gasteiger charge is 2.27. The smallest absolute Gasteiger partial charge is 0.235 e. The Morgan fingerprint density at radius 3 is 2.81 bits per heavy atom. The van der Waals surface area contributed by atoms with Gasteiger partial charge in [-0.3, -0.25) is 4.79 Å². The molecule has 0 heterocycles. The van der Waals surface area contributed by atoms with Gasteiger partial charge in [-0.15, -0.1) is 11.6 Å². The minimum absolute atomic E-state index is 0.121. The molecular formula is C11H13BrClNO2. The van der Waals surface area contributed by atoms with Crippen LogP contribution >= 0.6 is 27.5 Å². The highest BCUT2D eigenvalue weighted by Crippen LogP contribution is 2.23. The quantitative estimate of drug-likeness (QED) is 0.836. The number of carbonyl (C=O) groups is 1. The van der Waals surface area contributed by atoms with Crippen LogP contribution in [0.3, 0.4) is 0 Å². The molecule has 1 atom stereocenters. The molecule has 0 spiro atoms. The molecule has 1 aromatic rings. The minimum Gasteiger partial charge on any atom is -0.394 e. The number of carbonyl (C=O) groups excluding carboxylic acids is 1. The second-order valence-electron chi connectivity index (χ2n) is 3.68. The molecule has 3 nitrogen and oxygen atoms in total. The third-order valence-corrected chi connectivity index (χ3v) is 3.05. The Bertz CT molecular complexity index is 386. The maximum absolute atomic E-state index is 11.3. The maximum Gasteiger partial charge on any atom is 0.235 e. The Labute approximate surface area is 108 Å². The molecule has 1 rings (SSSR count). The normalized spacial score (nSPS) is 14.2. The molecule has 0 aliphatic rings. The standard InChI is InChI=1S/C11H13BrClNO2/c1-11(7-15,14-10(16)6-13)8-3-2-4-9(12)5-8/h2-5,15H,6-7H2,1H3,(H,14,16). The Kier molecular flexibility index (Phi) is 4.77. The van der Waals surface area contributed by atoms with Crippen molar-refractivity contribution in [2.75, 3.05) is 12.5 Å². The van der Waals surface area contributed by atoms with E-state index in [2.05, 4.69) is 21.2 Å². The number of hydrogen-bond acceptors (Lipinski definition) is 2. The molecule has 0 aliphatic carbocycles. The second-order valence-corrected chi connectivity index (χ2v) is 4.87. The zero-order valence-electron chi connectivity index (χ0n) is 8.84. The third-order valence-electron chi connectivity index (χ3n) is 2.31. The molecule has 1 aromatic carbocycles. The molecular weight excluding hydrogens is 293 g/mol. The molecule has 5 heteroatoms. The van der Waals surface area contributed by atoms with Gasteiger partial charge in [0.2, 0.25) is 5.91 Å². The Morgan fingerprint density at radius 2 is 2.31 bits per heavy atom. The van der Waals surface area contributed by atoms with E-state index in [1.807, 2.05) is 24.3 Å². The van der Waals surface area contributed by atoms with Crippen LogP contribution in [0.5, 0.6) is 0 Å². The first-order valence-corrected chi connectivity index (χ1v) is 6.08. The first kappa shape index (κ1) is 13.5. The van der Waals surface area contributed by atoms with Crippen LogP contribution in [0.4, 0.5) is 0 Å². The van der Waals surface area contributed by atoms with Gasteiger partial charge in [-0.2, -0.15) is 0 Å². The topological polar surface area (TPSA) is 49.3 Å². The van der Waals surface area contributed by atoms with Crippen molar-refractivity contribution in [3.63, 3.8) is 0 Å². The third kappa shape index (κ3) is 3.20. The highest BCUT2D eigenvalue weighted by atomic mass is 79.9. The highest BCUT2D eigenvalue weighted by molar-refractivity contribution is 9.10. The molecule has 1 unspecified atom stereocenters. The van der Waals surface area contributed by atoms with Gasteiger partial charge in [0.15, 0.2) is 0 Å². The van der Waals surface area contributed by atoms with Gasteiger partial charge in [-0.05, 0) is 24.6 Å². The molecule has 0 radical (unpaired) electrons. The van der Waals surface area contributed by atoms with Gasteiger partial charge < -0.3 is 10.4 Å². The SMILES string of the molecule is CC(CO)(NC(=O)CCl)c1cccc(Br)c1. The monoisotopic (exact) mass is 305 g/mol. The summed E-state index contributed by atoms with van der Waals surface area (Å²) in [6.07, 6.45) is 0. The predicted octanol–water partition coefficient (Wildman–Crippen LogP) is 2.01. The second kappa shape index (κ2) is 5.66. The van der Waals surface area contributed by atoms with E-state index in [0.29, 0.717) is 0 Å². The summed E-state index contributed by atoms with van der Waals surface area (Å²) in [4.78, 5) is 11.3. The number of aliphatic hydroxyl groups excluding tert-OH is 1. The van der Waals surface area contributed by atoms with Crippen molar-refractivity contribution >= 4 is 33.4 Å². The average Bonchev–Trinajstić information content (AvgIpc) is 2.28. The van der Waals surface area contributed by atoms with E-state index in [1.54, 1.807) is 6.92 Å². The fourth-order valence-electron chi connectivity index (χ4n) is 1.38. The zero-order chi connectivity index (χ0) is 12.2. The first-order chi connectivity index (χ1) is 7.51. The van der Waals surface area contributed by atoms with Crippen molar-refractivity contribution in [1.82, 2.24) is 5.32 Å². The summed E-state index contributed by atoms with van der Waals surface area (Å²) < 4.78 is 0.893. The number of benzene rings is 1. The number of alkyl halides is 1. The number of hydrogen-bond donors (Lipinski definition) is 2. The molecule has 0 fully saturated rings. The summed E-state index contributed by atoms with van der Waals surface area (Å²) in [5.74, 6) is -0.429. The summed E-state index contributed by atoms with van der Waals surface area (Å²) in [6.45, 7) is 1.56. The van der Waals surface area contributed by atoms with E-state index in [1.165, 1.54) is 0 Å². The average molecular weight is 307 g/mol. The van der Waals surface area contributed by atoms with E-state index < -0.39 is 5.54 Å². The number of rotatable bonds is 4. The van der Waals surface area contributed by atoms with Crippen molar-refractivity contribution in [2.24, 2.45) is 0 Å². The van der Waals surface area contributed by atoms with Gasteiger partial charge in [0, 0.05) is 4.47 Å². The Morgan fingerprint density at radius 1 is 1.62 bits per heavy atom. The van der Waals surface area contributed by atoms with Gasteiger partial charge in [-0.1, -0.05) is 28.1 Å². The van der Waals surface area contributed by atoms with Crippen LogP contribution in [-0.4, -0.2) is 23.5 Å². The fraction of sp³-hybridized carbons (Fsp3) is 0.364. The van der Waals surface area contributed by atoms with Crippen LogP contribution < -0.4 is 5.32 Å². The lowest BCUT2D eigenvalue weighted by molar-refractivity contribution is -0.121. The summed E-state index contributed by atoms with van der Waals surface area (Å²) in [5.41, 5.74) is 0.0123. The van der Waals surface area contributed by atoms with Crippen molar-refractivity contribution in [3.8, 4) is 0 Å². The minimum atomic E-state index is -0.810. The molecule has 16 heavy (non-hydrogen) atoms. The molecule has 88 valence electrons. The predicted molar refractivity (Wildman–Crippen MR) is 67.4 cm³/mol. The maximum atomic E-state index is 11.3. The van der Waals surface area contributed by atoms with Gasteiger partial charge in [0.05, 0.1) is 12.1 Å². The van der Waals surface area contributed by atoms with Gasteiger partial charge in [0.1, 0.15) is 5.88 Å². The zero-order valence-corrected chi connectivity index (χ0v) is 11.2. The lowest BCUT2D eigenvalue weighted by atomic mass is 9.93. The lowest BCUT2D eigenvalue weighted by Gasteiger charge is -2.29. The van der Waals surface area contributed by atoms with E-state index in [4.69, 9.17) is 11.6 Å². The van der Waals surface area contributed by atoms with Crippen LogP contribution in [0.15, 0.2) is 28.7 Å². The Balaban J connectivity index is 2.99. The van der Waals surface area contributed by atoms with E-state index in [9.17, 15) is 9.90 Å². The largest absolute Gasteiger partial charge is 0.394 e. The van der Waals surface area contributed by atoms with Crippen molar-refractivity contribution in [3.05, 3.63) is 34.3 Å². The van der Waals surface area contributed by atoms with Gasteiger partial charge >= 0.3 is 0 Å². The summed E-state index contributed by atoms with van der Waals surface area (Å²) in [5, 5.41) is 12.1. The Hall–Kier alpha value is -0.580. The molecule has 1 amide bonds. The van der Waals surface area contributed by atoms with Crippen LogP contribution in [0.25, 0.3) is 0 Å². The number of halogens is 2.